The highest BCUT2D eigenvalue weighted by atomic mass is 79.9. The Bertz CT molecular complexity index is 336. The largest absolute Gasteiger partial charge is 0.489 e. The van der Waals surface area contributed by atoms with E-state index in [0.717, 1.165) is 15.8 Å². The predicted molar refractivity (Wildman–Crippen MR) is 57.8 cm³/mol. The van der Waals surface area contributed by atoms with Crippen LogP contribution in [0, 0.1) is 12.3 Å². The summed E-state index contributed by atoms with van der Waals surface area (Å²) in [5.41, 5.74) is 0.781. The zero-order valence-electron chi connectivity index (χ0n) is 7.67. The van der Waals surface area contributed by atoms with Crippen LogP contribution in [0.15, 0.2) is 22.7 Å². The van der Waals surface area contributed by atoms with Crippen LogP contribution in [0.2, 0.25) is 0 Å². The highest BCUT2D eigenvalue weighted by Crippen LogP contribution is 2.29. The van der Waals surface area contributed by atoms with E-state index in [0.29, 0.717) is 0 Å². The first kappa shape index (κ1) is 10.1. The molecule has 0 fully saturated rings. The van der Waals surface area contributed by atoms with Crippen molar-refractivity contribution < 1.29 is 4.74 Å². The van der Waals surface area contributed by atoms with Crippen LogP contribution < -0.4 is 4.74 Å². The Morgan fingerprint density at radius 3 is 2.69 bits per heavy atom. The second-order valence-electron chi connectivity index (χ2n) is 2.93. The Morgan fingerprint density at radius 1 is 1.46 bits per heavy atom. The van der Waals surface area contributed by atoms with Crippen molar-refractivity contribution in [1.82, 2.24) is 0 Å². The third-order valence-electron chi connectivity index (χ3n) is 1.48. The molecule has 0 aliphatic heterocycles. The van der Waals surface area contributed by atoms with Crippen LogP contribution in [-0.2, 0) is 0 Å². The maximum Gasteiger partial charge on any atom is 0.149 e. The molecule has 0 aromatic heterocycles. The van der Waals surface area contributed by atoms with Gasteiger partial charge in [0.25, 0.3) is 0 Å². The summed E-state index contributed by atoms with van der Waals surface area (Å²) in [6.45, 7) is 3.94. The fraction of sp³-hybridized carbons (Fsp3) is 0.273. The first-order chi connectivity index (χ1) is 6.15. The summed E-state index contributed by atoms with van der Waals surface area (Å²) in [5, 5.41) is 0. The minimum atomic E-state index is 0.130. The van der Waals surface area contributed by atoms with Gasteiger partial charge in [0, 0.05) is 0 Å². The van der Waals surface area contributed by atoms with Crippen molar-refractivity contribution in [3.63, 3.8) is 0 Å². The molecule has 0 N–H and O–H groups in total. The monoisotopic (exact) mass is 238 g/mol. The lowest BCUT2D eigenvalue weighted by molar-refractivity contribution is 0.240. The fourth-order valence-electron chi connectivity index (χ4n) is 0.978. The average molecular weight is 239 g/mol. The topological polar surface area (TPSA) is 9.23 Å². The highest BCUT2D eigenvalue weighted by Gasteiger charge is 2.07. The zero-order valence-corrected chi connectivity index (χ0v) is 9.26. The summed E-state index contributed by atoms with van der Waals surface area (Å²) in [4.78, 5) is 0. The maximum atomic E-state index is 5.58. The van der Waals surface area contributed by atoms with Gasteiger partial charge in [0.1, 0.15) is 5.75 Å². The molecule has 0 radical (unpaired) electrons. The van der Waals surface area contributed by atoms with Gasteiger partial charge in [0.2, 0.25) is 0 Å². The van der Waals surface area contributed by atoms with Crippen molar-refractivity contribution in [2.75, 3.05) is 0 Å². The molecule has 2 heteroatoms. The van der Waals surface area contributed by atoms with Crippen molar-refractivity contribution >= 4 is 15.9 Å². The van der Waals surface area contributed by atoms with E-state index in [1.165, 1.54) is 0 Å². The number of terminal acetylenes is 1. The molecule has 0 aliphatic rings. The van der Waals surface area contributed by atoms with Gasteiger partial charge in [-0.15, -0.1) is 6.42 Å². The first-order valence-electron chi connectivity index (χ1n) is 4.07. The second kappa shape index (κ2) is 4.34. The van der Waals surface area contributed by atoms with Crippen LogP contribution in [0.25, 0.3) is 0 Å². The third-order valence-corrected chi connectivity index (χ3v) is 2.10. The van der Waals surface area contributed by atoms with Gasteiger partial charge in [0.15, 0.2) is 0 Å². The van der Waals surface area contributed by atoms with Crippen molar-refractivity contribution in [1.29, 1.82) is 0 Å². The number of rotatable bonds is 2. The molecule has 0 aliphatic carbocycles. The third kappa shape index (κ3) is 2.50. The summed E-state index contributed by atoms with van der Waals surface area (Å²) >= 11 is 3.40. The number of hydrogen-bond donors (Lipinski definition) is 0. The lowest BCUT2D eigenvalue weighted by atomic mass is 10.2. The van der Waals surface area contributed by atoms with Gasteiger partial charge >= 0.3 is 0 Å². The van der Waals surface area contributed by atoms with Crippen LogP contribution in [0.5, 0.6) is 5.75 Å². The van der Waals surface area contributed by atoms with Crippen LogP contribution in [0.1, 0.15) is 19.4 Å². The van der Waals surface area contributed by atoms with E-state index in [1.807, 2.05) is 32.0 Å². The van der Waals surface area contributed by atoms with Crippen molar-refractivity contribution in [3.05, 3.63) is 28.2 Å². The van der Waals surface area contributed by atoms with Crippen LogP contribution in [0.3, 0.4) is 0 Å². The lowest BCUT2D eigenvalue weighted by Gasteiger charge is -2.12. The summed E-state index contributed by atoms with van der Waals surface area (Å²) in [6.07, 6.45) is 5.47. The molecular weight excluding hydrogens is 228 g/mol. The SMILES string of the molecule is C#Cc1cccc(Br)c1OC(C)C. The van der Waals surface area contributed by atoms with Gasteiger partial charge in [-0.25, -0.2) is 0 Å². The van der Waals surface area contributed by atoms with Crippen molar-refractivity contribution in [2.45, 2.75) is 20.0 Å². The molecule has 0 spiro atoms. The Labute approximate surface area is 87.2 Å². The highest BCUT2D eigenvalue weighted by molar-refractivity contribution is 9.10. The van der Waals surface area contributed by atoms with E-state index in [2.05, 4.69) is 21.9 Å². The Balaban J connectivity index is 3.10. The molecule has 1 aromatic carbocycles. The molecule has 13 heavy (non-hydrogen) atoms. The van der Waals surface area contributed by atoms with E-state index in [1.54, 1.807) is 0 Å². The van der Waals surface area contributed by atoms with Gasteiger partial charge in [-0.05, 0) is 41.9 Å². The summed E-state index contributed by atoms with van der Waals surface area (Å²) in [5.74, 6) is 3.34. The molecule has 0 amide bonds. The van der Waals surface area contributed by atoms with Crippen LogP contribution in [-0.4, -0.2) is 6.10 Å². The maximum absolute atomic E-state index is 5.58. The van der Waals surface area contributed by atoms with Gasteiger partial charge in [0.05, 0.1) is 16.1 Å². The quantitative estimate of drug-likeness (QED) is 0.720. The Morgan fingerprint density at radius 2 is 2.15 bits per heavy atom. The molecule has 0 unspecified atom stereocenters. The predicted octanol–water partition coefficient (Wildman–Crippen LogP) is 3.22. The van der Waals surface area contributed by atoms with Crippen molar-refractivity contribution in [2.24, 2.45) is 0 Å². The van der Waals surface area contributed by atoms with Gasteiger partial charge in [-0.3, -0.25) is 0 Å². The van der Waals surface area contributed by atoms with E-state index in [9.17, 15) is 0 Å². The van der Waals surface area contributed by atoms with Gasteiger partial charge in [-0.2, -0.15) is 0 Å². The van der Waals surface area contributed by atoms with E-state index < -0.39 is 0 Å². The molecule has 0 saturated carbocycles. The molecule has 0 bridgehead atoms. The second-order valence-corrected chi connectivity index (χ2v) is 3.78. The fourth-order valence-corrected chi connectivity index (χ4v) is 1.44. The molecule has 68 valence electrons. The first-order valence-corrected chi connectivity index (χ1v) is 4.86. The average Bonchev–Trinajstić information content (AvgIpc) is 2.08. The minimum absolute atomic E-state index is 0.130. The number of ether oxygens (including phenoxy) is 1. The molecule has 1 nitrogen and oxygen atoms in total. The summed E-state index contributed by atoms with van der Waals surface area (Å²) in [7, 11) is 0. The number of hydrogen-bond acceptors (Lipinski definition) is 1. The van der Waals surface area contributed by atoms with E-state index in [-0.39, 0.29) is 6.10 Å². The summed E-state index contributed by atoms with van der Waals surface area (Å²) < 4.78 is 6.48. The number of para-hydroxylation sites is 1. The smallest absolute Gasteiger partial charge is 0.149 e. The van der Waals surface area contributed by atoms with Crippen LogP contribution in [0.4, 0.5) is 0 Å². The normalized spacial score (nSPS) is 9.77. The summed E-state index contributed by atoms with van der Waals surface area (Å²) in [6, 6.07) is 5.67. The standard InChI is InChI=1S/C11H11BrO/c1-4-9-6-5-7-10(12)11(9)13-8(2)3/h1,5-8H,2-3H3. The molecule has 0 atom stereocenters. The number of benzene rings is 1. The minimum Gasteiger partial charge on any atom is -0.489 e. The lowest BCUT2D eigenvalue weighted by Crippen LogP contribution is -2.07. The van der Waals surface area contributed by atoms with E-state index in [4.69, 9.17) is 11.2 Å². The molecular formula is C11H11BrO. The Hall–Kier alpha value is -0.940. The number of halogens is 1. The molecule has 1 aromatic rings. The van der Waals surface area contributed by atoms with E-state index >= 15 is 0 Å². The van der Waals surface area contributed by atoms with Gasteiger partial charge < -0.3 is 4.74 Å². The zero-order chi connectivity index (χ0) is 9.84. The van der Waals surface area contributed by atoms with Gasteiger partial charge in [-0.1, -0.05) is 12.0 Å². The molecule has 1 rings (SSSR count). The van der Waals surface area contributed by atoms with Crippen LogP contribution >= 0.6 is 15.9 Å². The molecule has 0 heterocycles. The van der Waals surface area contributed by atoms with Crippen molar-refractivity contribution in [3.8, 4) is 18.1 Å². The molecule has 0 saturated heterocycles. The Kier molecular flexibility index (Phi) is 3.39.